The number of aryl methyl sites for hydroxylation is 2. The van der Waals surface area contributed by atoms with Crippen LogP contribution in [0, 0.1) is 20.8 Å². The van der Waals surface area contributed by atoms with E-state index in [4.69, 9.17) is 4.74 Å². The van der Waals surface area contributed by atoms with E-state index in [0.29, 0.717) is 26.2 Å². The number of carbonyl (C=O) groups is 2. The molecule has 1 aromatic carbocycles. The molecule has 1 saturated heterocycles. The molecule has 26 heavy (non-hydrogen) atoms. The Labute approximate surface area is 158 Å². The lowest BCUT2D eigenvalue weighted by atomic mass is 10.1. The highest BCUT2D eigenvalue weighted by Gasteiger charge is 2.25. The average Bonchev–Trinajstić information content (AvgIpc) is 3.19. The van der Waals surface area contributed by atoms with Crippen molar-refractivity contribution in [2.45, 2.75) is 20.8 Å². The first-order valence-electron chi connectivity index (χ1n) is 8.77. The minimum absolute atomic E-state index is 0.0318. The highest BCUT2D eigenvalue weighted by molar-refractivity contribution is 7.12. The number of benzene rings is 1. The Morgan fingerprint density at radius 1 is 1.00 bits per heavy atom. The third-order valence-corrected chi connectivity index (χ3v) is 5.72. The van der Waals surface area contributed by atoms with Crippen LogP contribution in [-0.2, 0) is 4.79 Å². The van der Waals surface area contributed by atoms with Crippen LogP contribution in [0.5, 0.6) is 5.75 Å². The van der Waals surface area contributed by atoms with Crippen LogP contribution in [0.3, 0.4) is 0 Å². The summed E-state index contributed by atoms with van der Waals surface area (Å²) in [5.41, 5.74) is 3.26. The van der Waals surface area contributed by atoms with Crippen LogP contribution in [0.2, 0.25) is 0 Å². The maximum atomic E-state index is 12.5. The van der Waals surface area contributed by atoms with Crippen LogP contribution in [0.1, 0.15) is 26.4 Å². The second-order valence-corrected chi connectivity index (χ2v) is 7.54. The van der Waals surface area contributed by atoms with Crippen LogP contribution in [0.15, 0.2) is 29.6 Å². The number of hydrogen-bond donors (Lipinski definition) is 0. The van der Waals surface area contributed by atoms with Crippen LogP contribution in [-0.4, -0.2) is 54.4 Å². The zero-order chi connectivity index (χ0) is 18.7. The minimum atomic E-state index is -0.0338. The summed E-state index contributed by atoms with van der Waals surface area (Å²) in [6, 6.07) is 7.79. The molecule has 0 bridgehead atoms. The van der Waals surface area contributed by atoms with Gasteiger partial charge in [-0.15, -0.1) is 11.3 Å². The topological polar surface area (TPSA) is 49.9 Å². The fourth-order valence-electron chi connectivity index (χ4n) is 3.09. The van der Waals surface area contributed by atoms with Gasteiger partial charge < -0.3 is 14.5 Å². The van der Waals surface area contributed by atoms with Crippen molar-refractivity contribution in [2.24, 2.45) is 0 Å². The summed E-state index contributed by atoms with van der Waals surface area (Å²) in [5, 5.41) is 1.90. The Morgan fingerprint density at radius 3 is 2.31 bits per heavy atom. The Hall–Kier alpha value is -2.34. The standard InChI is InChI=1S/C20H24N2O3S/c1-14-6-7-15(2)19(16(14)3)25-13-18(23)21-8-10-22(11-9-21)20(24)17-5-4-12-26-17/h4-7,12H,8-11,13H2,1-3H3. The van der Waals surface area contributed by atoms with E-state index in [1.807, 2.05) is 49.3 Å². The fraction of sp³-hybridized carbons (Fsp3) is 0.400. The van der Waals surface area contributed by atoms with E-state index in [1.165, 1.54) is 11.3 Å². The van der Waals surface area contributed by atoms with Crippen LogP contribution >= 0.6 is 11.3 Å². The van der Waals surface area contributed by atoms with Gasteiger partial charge in [0.15, 0.2) is 6.61 Å². The van der Waals surface area contributed by atoms with Crippen molar-refractivity contribution in [2.75, 3.05) is 32.8 Å². The molecule has 2 amide bonds. The van der Waals surface area contributed by atoms with Crippen molar-refractivity contribution in [1.82, 2.24) is 9.80 Å². The van der Waals surface area contributed by atoms with Gasteiger partial charge in [0.1, 0.15) is 5.75 Å². The highest BCUT2D eigenvalue weighted by Crippen LogP contribution is 2.25. The maximum Gasteiger partial charge on any atom is 0.264 e. The monoisotopic (exact) mass is 372 g/mol. The molecule has 0 N–H and O–H groups in total. The number of nitrogens with zero attached hydrogens (tertiary/aromatic N) is 2. The molecule has 1 aromatic heterocycles. The molecule has 2 heterocycles. The fourth-order valence-corrected chi connectivity index (χ4v) is 3.78. The Morgan fingerprint density at radius 2 is 1.65 bits per heavy atom. The highest BCUT2D eigenvalue weighted by atomic mass is 32.1. The number of hydrogen-bond acceptors (Lipinski definition) is 4. The lowest BCUT2D eigenvalue weighted by molar-refractivity contribution is -0.134. The van der Waals surface area contributed by atoms with Crippen molar-refractivity contribution in [1.29, 1.82) is 0 Å². The molecule has 6 heteroatoms. The molecule has 0 saturated carbocycles. The lowest BCUT2D eigenvalue weighted by Gasteiger charge is -2.34. The van der Waals surface area contributed by atoms with E-state index in [2.05, 4.69) is 6.07 Å². The second kappa shape index (κ2) is 7.91. The zero-order valence-corrected chi connectivity index (χ0v) is 16.3. The Balaban J connectivity index is 1.53. The normalized spacial score (nSPS) is 14.4. The van der Waals surface area contributed by atoms with E-state index in [-0.39, 0.29) is 18.4 Å². The van der Waals surface area contributed by atoms with Crippen molar-refractivity contribution in [3.05, 3.63) is 51.2 Å². The number of ether oxygens (including phenoxy) is 1. The molecule has 2 aromatic rings. The molecule has 1 aliphatic rings. The molecular weight excluding hydrogens is 348 g/mol. The van der Waals surface area contributed by atoms with Gasteiger partial charge in [0.05, 0.1) is 4.88 Å². The Bertz CT molecular complexity index is 794. The summed E-state index contributed by atoms with van der Waals surface area (Å²) in [5.74, 6) is 0.813. The SMILES string of the molecule is Cc1ccc(C)c(OCC(=O)N2CCN(C(=O)c3cccs3)CC2)c1C. The van der Waals surface area contributed by atoms with Crippen LogP contribution in [0.25, 0.3) is 0 Å². The smallest absolute Gasteiger partial charge is 0.264 e. The first kappa shape index (κ1) is 18.5. The lowest BCUT2D eigenvalue weighted by Crippen LogP contribution is -2.51. The van der Waals surface area contributed by atoms with Crippen molar-refractivity contribution >= 4 is 23.2 Å². The third-order valence-electron chi connectivity index (χ3n) is 4.87. The molecule has 0 unspecified atom stereocenters. The predicted octanol–water partition coefficient (Wildman–Crippen LogP) is 3.04. The summed E-state index contributed by atoms with van der Waals surface area (Å²) >= 11 is 1.45. The average molecular weight is 372 g/mol. The molecule has 138 valence electrons. The van der Waals surface area contributed by atoms with E-state index in [0.717, 1.165) is 27.3 Å². The van der Waals surface area contributed by atoms with Gasteiger partial charge in [-0.1, -0.05) is 18.2 Å². The largest absolute Gasteiger partial charge is 0.483 e. The summed E-state index contributed by atoms with van der Waals surface area (Å²) < 4.78 is 5.83. The van der Waals surface area contributed by atoms with E-state index < -0.39 is 0 Å². The molecular formula is C20H24N2O3S. The van der Waals surface area contributed by atoms with E-state index in [9.17, 15) is 9.59 Å². The third kappa shape index (κ3) is 3.90. The van der Waals surface area contributed by atoms with Gasteiger partial charge in [-0.3, -0.25) is 9.59 Å². The van der Waals surface area contributed by atoms with Crippen molar-refractivity contribution in [3.63, 3.8) is 0 Å². The van der Waals surface area contributed by atoms with Gasteiger partial charge in [-0.2, -0.15) is 0 Å². The predicted molar refractivity (Wildman–Crippen MR) is 103 cm³/mol. The van der Waals surface area contributed by atoms with E-state index >= 15 is 0 Å². The number of thiophene rings is 1. The minimum Gasteiger partial charge on any atom is -0.483 e. The molecule has 1 aliphatic heterocycles. The first-order chi connectivity index (χ1) is 12.5. The number of piperazine rings is 1. The van der Waals surface area contributed by atoms with Gasteiger partial charge in [-0.05, 0) is 48.9 Å². The Kier molecular flexibility index (Phi) is 5.61. The molecule has 5 nitrogen and oxygen atoms in total. The van der Waals surface area contributed by atoms with Crippen molar-refractivity contribution in [3.8, 4) is 5.75 Å². The van der Waals surface area contributed by atoms with Gasteiger partial charge in [-0.25, -0.2) is 0 Å². The number of carbonyl (C=O) groups excluding carboxylic acids is 2. The molecule has 0 atom stereocenters. The molecule has 1 fully saturated rings. The molecule has 0 radical (unpaired) electrons. The van der Waals surface area contributed by atoms with Crippen molar-refractivity contribution < 1.29 is 14.3 Å². The van der Waals surface area contributed by atoms with Gasteiger partial charge in [0.25, 0.3) is 11.8 Å². The van der Waals surface area contributed by atoms with Gasteiger partial charge in [0, 0.05) is 26.2 Å². The first-order valence-corrected chi connectivity index (χ1v) is 9.65. The van der Waals surface area contributed by atoms with E-state index in [1.54, 1.807) is 4.90 Å². The molecule has 3 rings (SSSR count). The van der Waals surface area contributed by atoms with Crippen LogP contribution in [0.4, 0.5) is 0 Å². The molecule has 0 spiro atoms. The van der Waals surface area contributed by atoms with Gasteiger partial charge in [0.2, 0.25) is 0 Å². The quantitative estimate of drug-likeness (QED) is 0.829. The zero-order valence-electron chi connectivity index (χ0n) is 15.4. The van der Waals surface area contributed by atoms with Gasteiger partial charge >= 0.3 is 0 Å². The maximum absolute atomic E-state index is 12.5. The summed E-state index contributed by atoms with van der Waals surface area (Å²) in [6.07, 6.45) is 0. The summed E-state index contributed by atoms with van der Waals surface area (Å²) in [4.78, 5) is 29.2. The number of amides is 2. The van der Waals surface area contributed by atoms with Crippen LogP contribution < -0.4 is 4.74 Å². The number of rotatable bonds is 4. The molecule has 0 aliphatic carbocycles. The second-order valence-electron chi connectivity index (χ2n) is 6.59. The summed E-state index contributed by atoms with van der Waals surface area (Å²) in [6.45, 7) is 8.28. The summed E-state index contributed by atoms with van der Waals surface area (Å²) in [7, 11) is 0.